The summed E-state index contributed by atoms with van der Waals surface area (Å²) in [6.45, 7) is 0. The first-order chi connectivity index (χ1) is 17.9. The number of amides is 2. The van der Waals surface area contributed by atoms with Crippen LogP contribution in [-0.2, 0) is 9.59 Å². The van der Waals surface area contributed by atoms with Crippen molar-refractivity contribution in [1.29, 1.82) is 0 Å². The van der Waals surface area contributed by atoms with E-state index < -0.39 is 16.7 Å². The van der Waals surface area contributed by atoms with Crippen molar-refractivity contribution >= 4 is 46.6 Å². The standard InChI is InChI=1S/C27H18N4O5S/c32-25-24(17-21-5-4-16-29(21)18-8-10-20(11-9-18)31(34)35)26(33)30(27(37)28-25)19-12-14-23(15-13-19)36-22-6-2-1-3-7-22/h1-17H,(H,28,32,37). The summed E-state index contributed by atoms with van der Waals surface area (Å²) in [6.07, 6.45) is 3.19. The van der Waals surface area contributed by atoms with Gasteiger partial charge in [-0.3, -0.25) is 29.9 Å². The number of aromatic nitrogens is 1. The summed E-state index contributed by atoms with van der Waals surface area (Å²) in [5, 5.41) is 13.5. The van der Waals surface area contributed by atoms with Gasteiger partial charge in [-0.25, -0.2) is 0 Å². The number of nitrogens with zero attached hydrogens (tertiary/aromatic N) is 3. The number of thiocarbonyl (C=S) groups is 1. The predicted molar refractivity (Wildman–Crippen MR) is 142 cm³/mol. The first-order valence-corrected chi connectivity index (χ1v) is 11.5. The molecule has 0 radical (unpaired) electrons. The molecule has 37 heavy (non-hydrogen) atoms. The number of hydrogen-bond donors (Lipinski definition) is 1. The van der Waals surface area contributed by atoms with Gasteiger partial charge in [0.15, 0.2) is 5.11 Å². The Kier molecular flexibility index (Phi) is 6.31. The molecule has 0 spiro atoms. The number of nitrogens with one attached hydrogen (secondary N) is 1. The van der Waals surface area contributed by atoms with Crippen molar-refractivity contribution < 1.29 is 19.2 Å². The topological polar surface area (TPSA) is 107 Å². The number of nitro benzene ring substituents is 1. The molecule has 0 atom stereocenters. The minimum Gasteiger partial charge on any atom is -0.457 e. The Balaban J connectivity index is 1.42. The third-order valence-electron chi connectivity index (χ3n) is 5.59. The van der Waals surface area contributed by atoms with Crippen molar-refractivity contribution in [3.63, 3.8) is 0 Å². The average Bonchev–Trinajstić information content (AvgIpc) is 3.36. The Hall–Kier alpha value is -5.09. The van der Waals surface area contributed by atoms with Crippen molar-refractivity contribution in [1.82, 2.24) is 9.88 Å². The highest BCUT2D eigenvalue weighted by atomic mass is 32.1. The number of non-ortho nitro benzene ring substituents is 1. The number of carbonyl (C=O) groups is 2. The minimum atomic E-state index is -0.619. The summed E-state index contributed by atoms with van der Waals surface area (Å²) in [4.78, 5) is 37.9. The van der Waals surface area contributed by atoms with Gasteiger partial charge in [0.25, 0.3) is 17.5 Å². The summed E-state index contributed by atoms with van der Waals surface area (Å²) in [5.74, 6) is 0.0491. The number of anilines is 1. The SMILES string of the molecule is O=C1NC(=S)N(c2ccc(Oc3ccccc3)cc2)C(=O)C1=Cc1cccn1-c1ccc([N+](=O)[O-])cc1. The maximum absolute atomic E-state index is 13.4. The molecule has 0 unspecified atom stereocenters. The van der Waals surface area contributed by atoms with Gasteiger partial charge in [-0.1, -0.05) is 18.2 Å². The van der Waals surface area contributed by atoms with Crippen LogP contribution < -0.4 is 15.0 Å². The lowest BCUT2D eigenvalue weighted by Crippen LogP contribution is -2.54. The molecule has 9 nitrogen and oxygen atoms in total. The molecule has 5 rings (SSSR count). The first kappa shape index (κ1) is 23.6. The Bertz CT molecular complexity index is 1540. The fourth-order valence-electron chi connectivity index (χ4n) is 3.81. The van der Waals surface area contributed by atoms with Gasteiger partial charge in [0.1, 0.15) is 17.1 Å². The van der Waals surface area contributed by atoms with Crippen molar-refractivity contribution in [2.24, 2.45) is 0 Å². The van der Waals surface area contributed by atoms with E-state index in [-0.39, 0.29) is 16.4 Å². The van der Waals surface area contributed by atoms with Crippen molar-refractivity contribution in [2.45, 2.75) is 0 Å². The Morgan fingerprint density at radius 1 is 0.838 bits per heavy atom. The third kappa shape index (κ3) is 4.86. The molecule has 1 fully saturated rings. The van der Waals surface area contributed by atoms with E-state index in [9.17, 15) is 19.7 Å². The van der Waals surface area contributed by atoms with Crippen LogP contribution in [0.5, 0.6) is 11.5 Å². The van der Waals surface area contributed by atoms with E-state index in [1.54, 1.807) is 59.3 Å². The molecule has 0 aliphatic carbocycles. The second-order valence-corrected chi connectivity index (χ2v) is 8.33. The molecule has 3 aromatic carbocycles. The lowest BCUT2D eigenvalue weighted by atomic mass is 10.1. The van der Waals surface area contributed by atoms with Crippen LogP contribution in [-0.4, -0.2) is 26.4 Å². The van der Waals surface area contributed by atoms with Crippen LogP contribution in [0.3, 0.4) is 0 Å². The Morgan fingerprint density at radius 2 is 1.49 bits per heavy atom. The first-order valence-electron chi connectivity index (χ1n) is 11.1. The van der Waals surface area contributed by atoms with E-state index in [2.05, 4.69) is 5.32 Å². The normalized spacial score (nSPS) is 14.5. The zero-order valence-electron chi connectivity index (χ0n) is 19.1. The van der Waals surface area contributed by atoms with Gasteiger partial charge in [-0.15, -0.1) is 0 Å². The molecule has 10 heteroatoms. The van der Waals surface area contributed by atoms with Gasteiger partial charge in [0.05, 0.1) is 10.6 Å². The third-order valence-corrected chi connectivity index (χ3v) is 5.87. The molecule has 1 aromatic heterocycles. The zero-order valence-corrected chi connectivity index (χ0v) is 19.9. The lowest BCUT2D eigenvalue weighted by Gasteiger charge is -2.29. The lowest BCUT2D eigenvalue weighted by molar-refractivity contribution is -0.384. The van der Waals surface area contributed by atoms with Gasteiger partial charge >= 0.3 is 0 Å². The second-order valence-electron chi connectivity index (χ2n) is 7.94. The Labute approximate surface area is 216 Å². The van der Waals surface area contributed by atoms with Crippen LogP contribution in [0, 0.1) is 10.1 Å². The molecule has 2 heterocycles. The van der Waals surface area contributed by atoms with Crippen LogP contribution in [0.4, 0.5) is 11.4 Å². The van der Waals surface area contributed by atoms with E-state index in [0.717, 1.165) is 0 Å². The van der Waals surface area contributed by atoms with E-state index >= 15 is 0 Å². The van der Waals surface area contributed by atoms with E-state index in [1.165, 1.54) is 23.1 Å². The number of hydrogen-bond acceptors (Lipinski definition) is 6. The van der Waals surface area contributed by atoms with Crippen LogP contribution in [0.2, 0.25) is 0 Å². The number of para-hydroxylation sites is 1. The van der Waals surface area contributed by atoms with Crippen molar-refractivity contribution in [3.05, 3.63) is 119 Å². The number of nitro groups is 1. The van der Waals surface area contributed by atoms with Gasteiger partial charge < -0.3 is 9.30 Å². The predicted octanol–water partition coefficient (Wildman–Crippen LogP) is 5.01. The number of ether oxygens (including phenoxy) is 1. The van der Waals surface area contributed by atoms with E-state index in [4.69, 9.17) is 17.0 Å². The highest BCUT2D eigenvalue weighted by Crippen LogP contribution is 2.27. The summed E-state index contributed by atoms with van der Waals surface area (Å²) < 4.78 is 7.51. The van der Waals surface area contributed by atoms with Crippen LogP contribution in [0.25, 0.3) is 11.8 Å². The molecule has 1 saturated heterocycles. The van der Waals surface area contributed by atoms with Crippen LogP contribution >= 0.6 is 12.2 Å². The minimum absolute atomic E-state index is 0.0328. The molecule has 1 aliphatic rings. The molecule has 182 valence electrons. The number of carbonyl (C=O) groups excluding carboxylic acids is 2. The number of rotatable bonds is 6. The second kappa shape index (κ2) is 9.88. The summed E-state index contributed by atoms with van der Waals surface area (Å²) in [5.41, 5.74) is 1.48. The molecule has 0 bridgehead atoms. The average molecular weight is 511 g/mol. The maximum Gasteiger partial charge on any atom is 0.270 e. The highest BCUT2D eigenvalue weighted by molar-refractivity contribution is 7.80. The van der Waals surface area contributed by atoms with Gasteiger partial charge in [0, 0.05) is 29.7 Å². The molecule has 1 N–H and O–H groups in total. The largest absolute Gasteiger partial charge is 0.457 e. The molecule has 2 amide bonds. The fourth-order valence-corrected chi connectivity index (χ4v) is 4.09. The molecule has 0 saturated carbocycles. The van der Waals surface area contributed by atoms with Gasteiger partial charge in [-0.2, -0.15) is 0 Å². The smallest absolute Gasteiger partial charge is 0.270 e. The molecular weight excluding hydrogens is 492 g/mol. The van der Waals surface area contributed by atoms with Crippen LogP contribution in [0.15, 0.2) is 103 Å². The van der Waals surface area contributed by atoms with Crippen molar-refractivity contribution in [2.75, 3.05) is 4.90 Å². The van der Waals surface area contributed by atoms with Gasteiger partial charge in [-0.05, 0) is 79.0 Å². The summed E-state index contributed by atoms with van der Waals surface area (Å²) in [6, 6.07) is 25.5. The van der Waals surface area contributed by atoms with Crippen LogP contribution in [0.1, 0.15) is 5.69 Å². The fraction of sp³-hybridized carbons (Fsp3) is 0. The molecule has 4 aromatic rings. The summed E-state index contributed by atoms with van der Waals surface area (Å²) in [7, 11) is 0. The van der Waals surface area contributed by atoms with E-state index in [1.807, 2.05) is 30.3 Å². The monoisotopic (exact) mass is 510 g/mol. The molecule has 1 aliphatic heterocycles. The Morgan fingerprint density at radius 3 is 2.16 bits per heavy atom. The maximum atomic E-state index is 13.4. The zero-order chi connectivity index (χ0) is 25.9. The quantitative estimate of drug-likeness (QED) is 0.129. The van der Waals surface area contributed by atoms with Crippen molar-refractivity contribution in [3.8, 4) is 17.2 Å². The van der Waals surface area contributed by atoms with E-state index in [0.29, 0.717) is 28.6 Å². The highest BCUT2D eigenvalue weighted by Gasteiger charge is 2.34. The summed E-state index contributed by atoms with van der Waals surface area (Å²) >= 11 is 5.29. The van der Waals surface area contributed by atoms with Gasteiger partial charge in [0.2, 0.25) is 0 Å². The number of benzene rings is 3. The molecular formula is C27H18N4O5S.